The Labute approximate surface area is 728 Å². The molecule has 108 fully saturated rings. The van der Waals surface area contributed by atoms with E-state index in [1.165, 1.54) is 475 Å². The van der Waals surface area contributed by atoms with Gasteiger partial charge in [0, 0.05) is 0 Å². The lowest BCUT2D eigenvalue weighted by molar-refractivity contribution is -1.10. The van der Waals surface area contributed by atoms with Crippen molar-refractivity contribution in [3.63, 3.8) is 0 Å². The first-order valence-electron chi connectivity index (χ1n) is 65.3. The number of rotatable bonds is 0. The van der Waals surface area contributed by atoms with Gasteiger partial charge in [-0.1, -0.05) is 0 Å². The second kappa shape index (κ2) is 5.18. The summed E-state index contributed by atoms with van der Waals surface area (Å²) in [5.41, 5.74) is 101. The minimum Gasteiger partial charge on any atom is -0.0461 e. The van der Waals surface area contributed by atoms with Gasteiger partial charge in [-0.2, -0.15) is 0 Å². The van der Waals surface area contributed by atoms with Crippen LogP contribution in [0.1, 0.15) is 25.7 Å². The summed E-state index contributed by atoms with van der Waals surface area (Å²) in [6, 6.07) is 0. The van der Waals surface area contributed by atoms with E-state index >= 15 is 0 Å². The summed E-state index contributed by atoms with van der Waals surface area (Å²) in [5, 5.41) is 0. The van der Waals surface area contributed by atoms with Crippen LogP contribution in [-0.2, 0) is 0 Å². The SMILES string of the molecule is C1C2C3C4CC5C6C7C8C9C%10C%11C%12CC%13C%14C%15C%16C%17C%18C%19C%20C%21C%22C%23C%24CC%25C%26C%27C%28C%29C%30C%31C1C21C2C%32C%33C3%34C3C%35C%36C4%37C4C%38C5C65C76C87C98C%109C%11%10C%12%13C%14%11C%15%12C%16%13C%17%14C%18%15C%19%16C%20%17C%21%18C%22%19C%23%20C%25%24C%26%21C%27%22C%28%23C%29%24C%30%25C%311C21C%322C%33%26C%34%27C3%28C%353C%36%29C%37%30C4%31C%385C64C75C86C97C%10%11C%128C%139C%14%10C%15%11C%16%12C%17%13C%18%14C%19%15C%21%20C%22%16C%23%17C%24%18C%251C21C%262C%27%19C%28%20C3%21C%293C%30%22C%314C54C65C78C96C%107C%118C%129C%13%10C%14%11C%16%15C%17%12C%181C21C%192C%20%13C%21%14C3%15C%224C56C7%15C8%14C9%13C%102C%12%111. The van der Waals surface area contributed by atoms with E-state index in [0.29, 0.717) is 0 Å². The molecule has 0 aromatic carbocycles. The van der Waals surface area contributed by atoms with Crippen molar-refractivity contribution >= 4 is 0 Å². The molecule has 131 heavy (non-hydrogen) atoms. The molecule has 0 radical (unpaired) electrons. The Morgan fingerprint density at radius 3 is 0.679 bits per heavy atom. The Kier molecular flexibility index (Phi) is 1.55. The molecule has 0 amide bonds. The molecule has 0 N–H and O–H groups in total. The average molecular weight is 1620 g/mol. The fourth-order valence-corrected chi connectivity index (χ4v) is 171. The van der Waals surface area contributed by atoms with Crippen LogP contribution in [0.3, 0.4) is 0 Å². The van der Waals surface area contributed by atoms with Crippen LogP contribution in [0.25, 0.3) is 0 Å². The largest absolute Gasteiger partial charge is 0.0461 e. The summed E-state index contributed by atoms with van der Waals surface area (Å²) in [6.07, 6.45) is 8.25. The van der Waals surface area contributed by atoms with E-state index in [2.05, 4.69) is 12.8 Å². The highest BCUT2D eigenvalue weighted by atomic mass is 16.0. The van der Waals surface area contributed by atoms with Gasteiger partial charge in [0.05, 0.1) is 0 Å². The van der Waals surface area contributed by atoms with Crippen LogP contribution in [0.5, 0.6) is 0 Å². The zero-order valence-corrected chi connectivity index (χ0v) is 69.4. The molecule has 108 aliphatic carbocycles. The standard InChI is InChI=1S/C131H48/c1-5-13-21-27-29-23-17-9-3-11-19-26-32-33-35-36-34-31-25-20-12-4-10-18-24-30-28-22-16-8-2-7-15-6(1)46-40-37-14(5)50(13)56(21)63(27)65(29)59(23)52(17)48(9,11)54(19)62(26)68(32)69(33)71(35)72(36)70(34)67(31)61(25)55(20)49(10,12)53(18)60(24)66(30)64(28)58(22)51(16)45(7,8)41-38-43-47(15)44-39-42(46)77-74(39)79(44)81(47)78(43)73(38)75(41,51)85(58)91(64)94(66)87(60)83(53,55)88(61)95(67)98(70)100(72)99(71)97(69)96(68)89(62)82(52,54)86(59)93(65)90(63)84(56)57(37,50)76(40)80(46,77)106-102(76,84)111(90)113(93)109(86,89)115(96)116(97)118(99)119(100)117(98)114(95)108(87,88)112(94)110(91)92(73,85)103(78)107(81)105(79)101(74)104(77,106)122-120(101)123(105)125(107)121(103,110)126(112,114)131(117,125)130(119,123)128(118,120)129(116,122)127(113,115)124(106,111)122/h5-44H,1-4H2. The molecule has 572 valence electrons. The lowest BCUT2D eigenvalue weighted by atomic mass is 8.15. The van der Waals surface area contributed by atoms with Crippen molar-refractivity contribution < 1.29 is 0 Å². The van der Waals surface area contributed by atoms with E-state index in [4.69, 9.17) is 0 Å². The van der Waals surface area contributed by atoms with E-state index in [1.807, 2.05) is 12.8 Å². The van der Waals surface area contributed by atoms with Crippen molar-refractivity contribution in [2.75, 3.05) is 0 Å². The molecular weight excluding hydrogens is 1570 g/mol. The van der Waals surface area contributed by atoms with E-state index in [1.54, 1.807) is 0 Å². The maximum atomic E-state index is 2.19. The van der Waals surface area contributed by atoms with Crippen molar-refractivity contribution in [2.24, 2.45) is 464 Å². The molecule has 87 spiro atoms. The van der Waals surface area contributed by atoms with Gasteiger partial charge in [-0.15, -0.1) is 0 Å². The second-order valence-electron chi connectivity index (χ2n) is 90.3. The Balaban J connectivity index is 0.560. The highest BCUT2D eigenvalue weighted by Gasteiger charge is 3.96. The second-order valence-corrected chi connectivity index (χ2v) is 90.3. The third-order valence-electron chi connectivity index (χ3n) is 127. The first-order valence-corrected chi connectivity index (χ1v) is 65.3. The molecule has 0 bridgehead atoms. The molecule has 0 heterocycles. The molecule has 0 aromatic heterocycles. The first-order chi connectivity index (χ1) is 65.3. The Morgan fingerprint density at radius 2 is 0.290 bits per heavy atom. The number of hydrogen-bond acceptors (Lipinski definition) is 0. The number of fused-ring (bicyclic) bond motifs is 27. The van der Waals surface area contributed by atoms with Crippen LogP contribution in [0.4, 0.5) is 0 Å². The summed E-state index contributed by atoms with van der Waals surface area (Å²) in [7, 11) is 0. The highest BCUT2D eigenvalue weighted by Crippen LogP contribution is 4.02. The summed E-state index contributed by atoms with van der Waals surface area (Å²) < 4.78 is 0. The van der Waals surface area contributed by atoms with Gasteiger partial charge in [0.1, 0.15) is 0 Å². The minimum absolute atomic E-state index is 1.06. The van der Waals surface area contributed by atoms with E-state index in [0.717, 1.165) is 233 Å². The maximum Gasteiger partial charge on any atom is -0.000000222 e. The van der Waals surface area contributed by atoms with Gasteiger partial charge in [0.15, 0.2) is 0 Å². The molecule has 0 heteroatoms. The summed E-state index contributed by atoms with van der Waals surface area (Å²) in [5.74, 6) is 59.2. The topological polar surface area (TPSA) is 0 Å². The van der Waals surface area contributed by atoms with Gasteiger partial charge in [-0.3, -0.25) is 0 Å². The van der Waals surface area contributed by atoms with E-state index in [9.17, 15) is 0 Å². The monoisotopic (exact) mass is 1620 g/mol. The van der Waals surface area contributed by atoms with Crippen LogP contribution in [-0.4, -0.2) is 0 Å². The molecule has 127 atom stereocenters. The zero-order valence-electron chi connectivity index (χ0n) is 69.4. The molecule has 0 aromatic rings. The molecule has 108 saturated carbocycles. The molecule has 0 nitrogen and oxygen atoms in total. The first kappa shape index (κ1) is 39.1. The van der Waals surface area contributed by atoms with Crippen molar-refractivity contribution in [1.29, 1.82) is 0 Å². The number of hydrogen-bond donors (Lipinski definition) is 0. The van der Waals surface area contributed by atoms with Crippen molar-refractivity contribution in [3.8, 4) is 0 Å². The summed E-state index contributed by atoms with van der Waals surface area (Å²) in [6.45, 7) is 0. The Bertz CT molecular complexity index is 12000. The normalized spacial score (nSPS) is 161. The van der Waals surface area contributed by atoms with Gasteiger partial charge in [0.2, 0.25) is 0 Å². The van der Waals surface area contributed by atoms with Crippen LogP contribution in [0, 0.1) is 708 Å². The maximum absolute atomic E-state index is 2.19. The van der Waals surface area contributed by atoms with E-state index < -0.39 is 0 Å². The third kappa shape index (κ3) is 0.669. The average Bonchev–Trinajstić information content (AvgIpc) is 0.945. The quantitative estimate of drug-likeness (QED) is 0.227. The Morgan fingerprint density at radius 1 is 0.0916 bits per heavy atom. The van der Waals surface area contributed by atoms with Crippen LogP contribution in [0.2, 0.25) is 0 Å². The predicted molar refractivity (Wildman–Crippen MR) is 406 cm³/mol. The molecular formula is C131H48. The summed E-state index contributed by atoms with van der Waals surface area (Å²) in [4.78, 5) is 0. The zero-order chi connectivity index (χ0) is 69.4. The van der Waals surface area contributed by atoms with Crippen molar-refractivity contribution in [2.45, 2.75) is 25.7 Å². The minimum atomic E-state index is 1.06. The molecule has 108 aliphatic rings. The highest BCUT2D eigenvalue weighted by molar-refractivity contribution is 7.06. The van der Waals surface area contributed by atoms with Crippen molar-refractivity contribution in [3.05, 3.63) is 244 Å². The Hall–Kier alpha value is 0. The van der Waals surface area contributed by atoms with Gasteiger partial charge < -0.3 is 0 Å². The molecule has 0 aliphatic heterocycles. The lowest BCUT2D eigenvalue weighted by Gasteiger charge is -3.86. The van der Waals surface area contributed by atoms with Gasteiger partial charge in [-0.25, -0.2) is 0 Å². The van der Waals surface area contributed by atoms with Crippen LogP contribution >= 0.6 is 0 Å². The van der Waals surface area contributed by atoms with Crippen LogP contribution < -0.4 is 0 Å². The summed E-state index contributed by atoms with van der Waals surface area (Å²) >= 11 is 0. The van der Waals surface area contributed by atoms with Gasteiger partial charge in [0.25, 0.3) is 0 Å². The molecule has 127 unspecified atom stereocenters. The smallest absolute Gasteiger partial charge is 0.000000222 e. The van der Waals surface area contributed by atoms with Gasteiger partial charge in [-0.05, 0) is 734 Å². The molecule has 0 saturated heterocycles. The fraction of sp³-hybridized carbons (Fsp3) is 1.00. The predicted octanol–water partition coefficient (Wildman–Crippen LogP) is 10.1. The third-order valence-corrected chi connectivity index (χ3v) is 127. The van der Waals surface area contributed by atoms with E-state index in [-0.39, 0.29) is 0 Å². The van der Waals surface area contributed by atoms with Crippen LogP contribution in [0.15, 0.2) is 0 Å². The fourth-order valence-electron chi connectivity index (χ4n) is 171. The van der Waals surface area contributed by atoms with Gasteiger partial charge >= 0.3 is 0 Å². The van der Waals surface area contributed by atoms with Crippen molar-refractivity contribution in [1.82, 2.24) is 0 Å². The lowest BCUT2D eigenvalue weighted by Crippen LogP contribution is -3.80. The molecule has 108 rings (SSSR count).